The van der Waals surface area contributed by atoms with Crippen molar-refractivity contribution in [3.8, 4) is 0 Å². The second-order valence-electron chi connectivity index (χ2n) is 4.20. The van der Waals surface area contributed by atoms with E-state index in [1.165, 1.54) is 10.6 Å². The van der Waals surface area contributed by atoms with Gasteiger partial charge >= 0.3 is 0 Å². The number of hydrogen-bond donors (Lipinski definition) is 0. The van der Waals surface area contributed by atoms with Gasteiger partial charge in [-0.2, -0.15) is 0 Å². The molecule has 0 amide bonds. The summed E-state index contributed by atoms with van der Waals surface area (Å²) in [6, 6.07) is 21.2. The van der Waals surface area contributed by atoms with Gasteiger partial charge in [-0.1, -0.05) is 69.2 Å². The van der Waals surface area contributed by atoms with E-state index in [4.69, 9.17) is 0 Å². The lowest BCUT2D eigenvalue weighted by atomic mass is 10.4. The Labute approximate surface area is 106 Å². The fraction of sp³-hybridized carbons (Fsp3) is 0.200. The maximum absolute atomic E-state index is 2.17. The smallest absolute Gasteiger partial charge is 0.0140 e. The minimum Gasteiger partial charge on any atom is -0.312 e. The summed E-state index contributed by atoms with van der Waals surface area (Å²) in [5.41, 5.74) is 0. The second kappa shape index (κ2) is 8.00. The van der Waals surface area contributed by atoms with Crippen LogP contribution in [0.15, 0.2) is 60.7 Å². The quantitative estimate of drug-likeness (QED) is 0.735. The lowest BCUT2D eigenvalue weighted by molar-refractivity contribution is 0.505. The number of benzene rings is 2. The first-order valence-electron chi connectivity index (χ1n) is 5.66. The van der Waals surface area contributed by atoms with Gasteiger partial charge in [0.15, 0.2) is 0 Å². The molecule has 90 valence electrons. The van der Waals surface area contributed by atoms with Crippen LogP contribution in [-0.4, -0.2) is 26.0 Å². The lowest BCUT2D eigenvalue weighted by Crippen LogP contribution is -2.01. The molecule has 0 radical (unpaired) electrons. The molecule has 0 heterocycles. The highest BCUT2D eigenvalue weighted by molar-refractivity contribution is 7.55. The zero-order chi connectivity index (χ0) is 12.5. The zero-order valence-electron chi connectivity index (χ0n) is 10.7. The minimum atomic E-state index is 0.777. The average molecular weight is 245 g/mol. The van der Waals surface area contributed by atoms with Crippen molar-refractivity contribution in [3.63, 3.8) is 0 Å². The molecule has 0 unspecified atom stereocenters. The van der Waals surface area contributed by atoms with Crippen molar-refractivity contribution in [2.24, 2.45) is 0 Å². The van der Waals surface area contributed by atoms with Crippen LogP contribution in [0.25, 0.3) is 0 Å². The molecule has 0 saturated carbocycles. The van der Waals surface area contributed by atoms with Crippen LogP contribution in [-0.2, 0) is 0 Å². The number of hydrogen-bond acceptors (Lipinski definition) is 1. The molecule has 0 saturated heterocycles. The molecular weight excluding hydrogens is 225 g/mol. The molecular formula is C15H20NP. The first-order chi connectivity index (χ1) is 8.18. The molecule has 0 N–H and O–H groups in total. The molecule has 0 aliphatic heterocycles. The molecule has 17 heavy (non-hydrogen) atoms. The predicted molar refractivity (Wildman–Crippen MR) is 80.1 cm³/mol. The van der Waals surface area contributed by atoms with Crippen molar-refractivity contribution >= 4 is 19.2 Å². The topological polar surface area (TPSA) is 3.24 Å². The van der Waals surface area contributed by atoms with Crippen LogP contribution in [0.2, 0.25) is 0 Å². The van der Waals surface area contributed by atoms with Gasteiger partial charge in [0.05, 0.1) is 0 Å². The Balaban J connectivity index is 0.000000317. The molecule has 0 bridgehead atoms. The Bertz CT molecular complexity index is 358. The Morgan fingerprint density at radius 2 is 0.941 bits per heavy atom. The van der Waals surface area contributed by atoms with Gasteiger partial charge in [-0.25, -0.2) is 0 Å². The molecule has 0 aliphatic carbocycles. The third kappa shape index (κ3) is 6.88. The van der Waals surface area contributed by atoms with Gasteiger partial charge in [0, 0.05) is 0 Å². The third-order valence-electron chi connectivity index (χ3n) is 1.84. The van der Waals surface area contributed by atoms with Crippen LogP contribution in [0.3, 0.4) is 0 Å². The lowest BCUT2D eigenvalue weighted by Gasteiger charge is -2.00. The van der Waals surface area contributed by atoms with E-state index in [0.717, 1.165) is 8.58 Å². The van der Waals surface area contributed by atoms with Crippen LogP contribution in [0, 0.1) is 0 Å². The number of rotatable bonds is 2. The van der Waals surface area contributed by atoms with Gasteiger partial charge < -0.3 is 4.90 Å². The van der Waals surface area contributed by atoms with E-state index >= 15 is 0 Å². The summed E-state index contributed by atoms with van der Waals surface area (Å²) in [4.78, 5) is 2.00. The van der Waals surface area contributed by atoms with E-state index in [1.54, 1.807) is 0 Å². The highest BCUT2D eigenvalue weighted by Gasteiger charge is 1.92. The molecule has 2 aromatic carbocycles. The minimum absolute atomic E-state index is 0.777. The van der Waals surface area contributed by atoms with Crippen LogP contribution in [0.4, 0.5) is 0 Å². The average Bonchev–Trinajstić information content (AvgIpc) is 2.31. The second-order valence-corrected chi connectivity index (χ2v) is 5.60. The summed E-state index contributed by atoms with van der Waals surface area (Å²) in [7, 11) is 6.78. The van der Waals surface area contributed by atoms with Gasteiger partial charge in [0.2, 0.25) is 0 Å². The Morgan fingerprint density at radius 1 is 0.647 bits per heavy atom. The molecule has 0 fully saturated rings. The summed E-state index contributed by atoms with van der Waals surface area (Å²) in [6.45, 7) is 0. The summed E-state index contributed by atoms with van der Waals surface area (Å²) in [5, 5.41) is 2.79. The summed E-state index contributed by atoms with van der Waals surface area (Å²) in [6.07, 6.45) is 0. The van der Waals surface area contributed by atoms with Crippen LogP contribution >= 0.6 is 8.58 Å². The van der Waals surface area contributed by atoms with Crippen molar-refractivity contribution in [2.45, 2.75) is 0 Å². The fourth-order valence-electron chi connectivity index (χ4n) is 1.21. The van der Waals surface area contributed by atoms with Crippen LogP contribution in [0.1, 0.15) is 0 Å². The molecule has 0 atom stereocenters. The van der Waals surface area contributed by atoms with Crippen LogP contribution in [0.5, 0.6) is 0 Å². The van der Waals surface area contributed by atoms with Crippen molar-refractivity contribution in [3.05, 3.63) is 60.7 Å². The van der Waals surface area contributed by atoms with E-state index in [1.807, 2.05) is 26.0 Å². The van der Waals surface area contributed by atoms with E-state index in [0.29, 0.717) is 0 Å². The molecule has 1 nitrogen and oxygen atoms in total. The van der Waals surface area contributed by atoms with E-state index in [-0.39, 0.29) is 0 Å². The predicted octanol–water partition coefficient (Wildman–Crippen LogP) is 2.49. The largest absolute Gasteiger partial charge is 0.312 e. The zero-order valence-corrected chi connectivity index (χ0v) is 11.7. The third-order valence-corrected chi connectivity index (χ3v) is 3.08. The SMILES string of the molecule is CN(C)C.c1ccc(Pc2ccccc2)cc1. The maximum Gasteiger partial charge on any atom is -0.0140 e. The van der Waals surface area contributed by atoms with Gasteiger partial charge in [-0.05, 0) is 31.8 Å². The molecule has 2 rings (SSSR count). The molecule has 2 heteroatoms. The molecule has 0 aliphatic rings. The summed E-state index contributed by atoms with van der Waals surface area (Å²) >= 11 is 0. The van der Waals surface area contributed by atoms with Crippen molar-refractivity contribution in [1.82, 2.24) is 4.90 Å². The molecule has 2 aromatic rings. The summed E-state index contributed by atoms with van der Waals surface area (Å²) < 4.78 is 0. The Morgan fingerprint density at radius 3 is 1.24 bits per heavy atom. The van der Waals surface area contributed by atoms with Gasteiger partial charge in [0.25, 0.3) is 0 Å². The van der Waals surface area contributed by atoms with Gasteiger partial charge in [-0.3, -0.25) is 0 Å². The molecule has 0 aromatic heterocycles. The fourth-order valence-corrected chi connectivity index (χ4v) is 2.26. The Kier molecular flexibility index (Phi) is 6.54. The first kappa shape index (κ1) is 13.9. The van der Waals surface area contributed by atoms with Gasteiger partial charge in [0.1, 0.15) is 0 Å². The first-order valence-corrected chi connectivity index (χ1v) is 6.66. The van der Waals surface area contributed by atoms with E-state index in [9.17, 15) is 0 Å². The maximum atomic E-state index is 2.17. The Hall–Kier alpha value is -1.17. The monoisotopic (exact) mass is 245 g/mol. The van der Waals surface area contributed by atoms with E-state index in [2.05, 4.69) is 60.7 Å². The highest BCUT2D eigenvalue weighted by Crippen LogP contribution is 2.08. The normalized spacial score (nSPS) is 9.65. The van der Waals surface area contributed by atoms with Crippen molar-refractivity contribution in [2.75, 3.05) is 21.1 Å². The molecule has 0 spiro atoms. The standard InChI is InChI=1S/C12H11P.C3H9N/c1-3-7-11(8-4-1)13-12-9-5-2-6-10-12;1-4(2)3/h1-10,13H;1-3H3. The van der Waals surface area contributed by atoms with Crippen LogP contribution < -0.4 is 10.6 Å². The summed E-state index contributed by atoms with van der Waals surface area (Å²) in [5.74, 6) is 0. The number of nitrogens with zero attached hydrogens (tertiary/aromatic N) is 1. The van der Waals surface area contributed by atoms with Crippen molar-refractivity contribution < 1.29 is 0 Å². The van der Waals surface area contributed by atoms with E-state index < -0.39 is 0 Å². The van der Waals surface area contributed by atoms with Crippen molar-refractivity contribution in [1.29, 1.82) is 0 Å². The highest BCUT2D eigenvalue weighted by atomic mass is 31.1. The van der Waals surface area contributed by atoms with Gasteiger partial charge in [-0.15, -0.1) is 0 Å².